The predicted molar refractivity (Wildman–Crippen MR) is 76.7 cm³/mol. The Morgan fingerprint density at radius 1 is 1.40 bits per heavy atom. The molecular weight excluding hydrogens is 276 g/mol. The highest BCUT2D eigenvalue weighted by Crippen LogP contribution is 2.10. The van der Waals surface area contributed by atoms with E-state index in [4.69, 9.17) is 0 Å². The molecule has 6 nitrogen and oxygen atoms in total. The van der Waals surface area contributed by atoms with Crippen LogP contribution in [0, 0.1) is 0 Å². The normalized spacial score (nSPS) is 11.7. The predicted octanol–water partition coefficient (Wildman–Crippen LogP) is 0.650. The van der Waals surface area contributed by atoms with E-state index in [1.54, 1.807) is 25.5 Å². The van der Waals surface area contributed by atoms with E-state index in [0.29, 0.717) is 19.5 Å². The summed E-state index contributed by atoms with van der Waals surface area (Å²) in [5.74, 6) is 0. The molecule has 2 heterocycles. The fourth-order valence-corrected chi connectivity index (χ4v) is 2.87. The van der Waals surface area contributed by atoms with E-state index in [1.165, 1.54) is 6.20 Å². The van der Waals surface area contributed by atoms with E-state index in [1.807, 2.05) is 12.1 Å². The lowest BCUT2D eigenvalue weighted by Crippen LogP contribution is -2.25. The van der Waals surface area contributed by atoms with E-state index in [-0.39, 0.29) is 4.90 Å². The van der Waals surface area contributed by atoms with Crippen LogP contribution in [0.5, 0.6) is 0 Å². The van der Waals surface area contributed by atoms with Crippen molar-refractivity contribution < 1.29 is 8.42 Å². The largest absolute Gasteiger partial charge is 0.363 e. The first kappa shape index (κ1) is 14.7. The number of nitrogens with one attached hydrogen (secondary N) is 3. The van der Waals surface area contributed by atoms with Crippen molar-refractivity contribution >= 4 is 10.0 Å². The van der Waals surface area contributed by atoms with Gasteiger partial charge in [0.05, 0.1) is 4.90 Å². The number of sulfonamides is 1. The van der Waals surface area contributed by atoms with Crippen molar-refractivity contribution in [2.75, 3.05) is 13.6 Å². The van der Waals surface area contributed by atoms with Crippen molar-refractivity contribution in [3.63, 3.8) is 0 Å². The Bertz CT molecular complexity index is 637. The van der Waals surface area contributed by atoms with Gasteiger partial charge in [-0.25, -0.2) is 13.1 Å². The van der Waals surface area contributed by atoms with Crippen molar-refractivity contribution in [2.45, 2.75) is 17.9 Å². The van der Waals surface area contributed by atoms with Crippen molar-refractivity contribution in [1.29, 1.82) is 0 Å². The van der Waals surface area contributed by atoms with E-state index in [2.05, 4.69) is 20.0 Å². The molecule has 0 saturated carbocycles. The molecule has 2 rings (SSSR count). The van der Waals surface area contributed by atoms with E-state index >= 15 is 0 Å². The number of hydrogen-bond acceptors (Lipinski definition) is 4. The standard InChI is InChI=1S/C13H18N4O2S/c1-14-9-12-7-13(10-16-12)20(18,19)17-6-4-11-3-2-5-15-8-11/h2-3,5,7-8,10,14,16-17H,4,6,9H2,1H3. The summed E-state index contributed by atoms with van der Waals surface area (Å²) < 4.78 is 26.7. The van der Waals surface area contributed by atoms with Gasteiger partial charge in [0.2, 0.25) is 10.0 Å². The third kappa shape index (κ3) is 3.89. The Morgan fingerprint density at radius 2 is 2.25 bits per heavy atom. The van der Waals surface area contributed by atoms with E-state index in [9.17, 15) is 8.42 Å². The summed E-state index contributed by atoms with van der Waals surface area (Å²) in [5, 5.41) is 2.96. The Labute approximate surface area is 118 Å². The zero-order chi connectivity index (χ0) is 14.4. The summed E-state index contributed by atoms with van der Waals surface area (Å²) in [7, 11) is -1.65. The van der Waals surface area contributed by atoms with Gasteiger partial charge in [0, 0.05) is 37.4 Å². The summed E-state index contributed by atoms with van der Waals surface area (Å²) in [5.41, 5.74) is 1.83. The molecule has 3 N–H and O–H groups in total. The third-order valence-electron chi connectivity index (χ3n) is 2.82. The third-order valence-corrected chi connectivity index (χ3v) is 4.26. The highest BCUT2D eigenvalue weighted by Gasteiger charge is 2.15. The monoisotopic (exact) mass is 294 g/mol. The lowest BCUT2D eigenvalue weighted by Gasteiger charge is -2.04. The van der Waals surface area contributed by atoms with Gasteiger partial charge in [0.25, 0.3) is 0 Å². The first-order valence-electron chi connectivity index (χ1n) is 6.32. The molecule has 108 valence electrons. The molecule has 0 aliphatic heterocycles. The Hall–Kier alpha value is -1.70. The summed E-state index contributed by atoms with van der Waals surface area (Å²) in [6.07, 6.45) is 5.53. The maximum Gasteiger partial charge on any atom is 0.242 e. The molecule has 2 aromatic heterocycles. The zero-order valence-corrected chi connectivity index (χ0v) is 12.1. The van der Waals surface area contributed by atoms with Crippen LogP contribution in [0.15, 0.2) is 41.7 Å². The topological polar surface area (TPSA) is 86.9 Å². The van der Waals surface area contributed by atoms with Crippen LogP contribution in [0.4, 0.5) is 0 Å². The molecule has 0 amide bonds. The molecule has 0 spiro atoms. The Kier molecular flexibility index (Phi) is 4.89. The lowest BCUT2D eigenvalue weighted by atomic mass is 10.2. The minimum atomic E-state index is -3.46. The molecule has 0 aliphatic carbocycles. The molecule has 7 heteroatoms. The molecule has 0 atom stereocenters. The minimum Gasteiger partial charge on any atom is -0.363 e. The van der Waals surface area contributed by atoms with Gasteiger partial charge >= 0.3 is 0 Å². The molecule has 0 bridgehead atoms. The zero-order valence-electron chi connectivity index (χ0n) is 11.3. The maximum absolute atomic E-state index is 12.1. The second kappa shape index (κ2) is 6.65. The van der Waals surface area contributed by atoms with Gasteiger partial charge in [-0.05, 0) is 31.2 Å². The average molecular weight is 294 g/mol. The maximum atomic E-state index is 12.1. The smallest absolute Gasteiger partial charge is 0.242 e. The van der Waals surface area contributed by atoms with Gasteiger partial charge < -0.3 is 10.3 Å². The first-order chi connectivity index (χ1) is 9.62. The second-order valence-corrected chi connectivity index (χ2v) is 6.17. The fraction of sp³-hybridized carbons (Fsp3) is 0.308. The van der Waals surface area contributed by atoms with Crippen LogP contribution in [0.3, 0.4) is 0 Å². The molecule has 0 aliphatic rings. The van der Waals surface area contributed by atoms with Gasteiger partial charge in [-0.2, -0.15) is 0 Å². The summed E-state index contributed by atoms with van der Waals surface area (Å²) in [6, 6.07) is 5.38. The molecule has 2 aromatic rings. The second-order valence-electron chi connectivity index (χ2n) is 4.40. The number of aromatic amines is 1. The van der Waals surface area contributed by atoms with Crippen LogP contribution in [0.2, 0.25) is 0 Å². The molecule has 0 aromatic carbocycles. The van der Waals surface area contributed by atoms with Gasteiger partial charge in [-0.3, -0.25) is 4.98 Å². The van der Waals surface area contributed by atoms with Gasteiger partial charge in [-0.1, -0.05) is 6.07 Å². The van der Waals surface area contributed by atoms with E-state index < -0.39 is 10.0 Å². The average Bonchev–Trinajstić information content (AvgIpc) is 2.90. The first-order valence-corrected chi connectivity index (χ1v) is 7.80. The van der Waals surface area contributed by atoms with Crippen molar-refractivity contribution in [1.82, 2.24) is 20.0 Å². The highest BCUT2D eigenvalue weighted by molar-refractivity contribution is 7.89. The quantitative estimate of drug-likeness (QED) is 0.700. The Balaban J connectivity index is 1.93. The van der Waals surface area contributed by atoms with Crippen molar-refractivity contribution in [2.24, 2.45) is 0 Å². The SMILES string of the molecule is CNCc1cc(S(=O)(=O)NCCc2cccnc2)c[nH]1. The molecule has 0 saturated heterocycles. The number of hydrogen-bond donors (Lipinski definition) is 3. The molecular formula is C13H18N4O2S. The minimum absolute atomic E-state index is 0.258. The van der Waals surface area contributed by atoms with Crippen molar-refractivity contribution in [3.8, 4) is 0 Å². The number of aromatic nitrogens is 2. The number of rotatable bonds is 7. The van der Waals surface area contributed by atoms with Crippen LogP contribution < -0.4 is 10.0 Å². The van der Waals surface area contributed by atoms with Crippen LogP contribution in [0.25, 0.3) is 0 Å². The fourth-order valence-electron chi connectivity index (χ4n) is 1.83. The van der Waals surface area contributed by atoms with Crippen LogP contribution in [0.1, 0.15) is 11.3 Å². The summed E-state index contributed by atoms with van der Waals surface area (Å²) >= 11 is 0. The molecule has 0 unspecified atom stereocenters. The van der Waals surface area contributed by atoms with Crippen LogP contribution in [-0.4, -0.2) is 32.0 Å². The Morgan fingerprint density at radius 3 is 2.95 bits per heavy atom. The van der Waals surface area contributed by atoms with Crippen molar-refractivity contribution in [3.05, 3.63) is 48.0 Å². The van der Waals surface area contributed by atoms with Gasteiger partial charge in [0.15, 0.2) is 0 Å². The molecule has 0 fully saturated rings. The lowest BCUT2D eigenvalue weighted by molar-refractivity contribution is 0.581. The van der Waals surface area contributed by atoms with Crippen LogP contribution in [-0.2, 0) is 23.0 Å². The number of H-pyrrole nitrogens is 1. The summed E-state index contributed by atoms with van der Waals surface area (Å²) in [4.78, 5) is 7.18. The highest BCUT2D eigenvalue weighted by atomic mass is 32.2. The molecule has 20 heavy (non-hydrogen) atoms. The van der Waals surface area contributed by atoms with Gasteiger partial charge in [-0.15, -0.1) is 0 Å². The van der Waals surface area contributed by atoms with Gasteiger partial charge in [0.1, 0.15) is 0 Å². The van der Waals surface area contributed by atoms with E-state index in [0.717, 1.165) is 11.3 Å². The number of pyridine rings is 1. The van der Waals surface area contributed by atoms with Crippen LogP contribution >= 0.6 is 0 Å². The summed E-state index contributed by atoms with van der Waals surface area (Å²) in [6.45, 7) is 0.950. The number of nitrogens with zero attached hydrogens (tertiary/aromatic N) is 1. The molecule has 0 radical (unpaired) electrons.